The zero-order chi connectivity index (χ0) is 10.7. The van der Waals surface area contributed by atoms with E-state index in [0.29, 0.717) is 5.92 Å². The van der Waals surface area contributed by atoms with Crippen LogP contribution in [0, 0.1) is 5.92 Å². The topological polar surface area (TPSA) is 43.8 Å². The van der Waals surface area contributed by atoms with Gasteiger partial charge in [-0.05, 0) is 24.8 Å². The van der Waals surface area contributed by atoms with Crippen molar-refractivity contribution in [1.82, 2.24) is 9.78 Å². The number of hydrogen-bond donors (Lipinski definition) is 1. The van der Waals surface area contributed by atoms with Gasteiger partial charge < -0.3 is 5.73 Å². The summed E-state index contributed by atoms with van der Waals surface area (Å²) in [5.41, 5.74) is 8.38. The first-order valence-electron chi connectivity index (χ1n) is 5.33. The number of aromatic nitrogens is 2. The van der Waals surface area contributed by atoms with Crippen LogP contribution in [0.3, 0.4) is 0 Å². The van der Waals surface area contributed by atoms with E-state index >= 15 is 0 Å². The standard InChI is InChI=1S/C11H21N3/c1-5-9-7-11(14(4)13-9)10(12)6-8(2)3/h7-8,10H,5-6,12H2,1-4H3. The molecule has 80 valence electrons. The second-order valence-electron chi connectivity index (χ2n) is 4.27. The van der Waals surface area contributed by atoms with Crippen LogP contribution >= 0.6 is 0 Å². The van der Waals surface area contributed by atoms with Gasteiger partial charge in [-0.1, -0.05) is 20.8 Å². The highest BCUT2D eigenvalue weighted by molar-refractivity contribution is 5.13. The minimum Gasteiger partial charge on any atom is -0.323 e. The molecule has 1 heterocycles. The Morgan fingerprint density at radius 3 is 2.57 bits per heavy atom. The molecule has 0 bridgehead atoms. The Kier molecular flexibility index (Phi) is 3.69. The van der Waals surface area contributed by atoms with Gasteiger partial charge in [0.1, 0.15) is 0 Å². The van der Waals surface area contributed by atoms with Gasteiger partial charge in [-0.25, -0.2) is 0 Å². The van der Waals surface area contributed by atoms with Gasteiger partial charge in [0.05, 0.1) is 11.4 Å². The van der Waals surface area contributed by atoms with Gasteiger partial charge in [-0.3, -0.25) is 4.68 Å². The molecular weight excluding hydrogens is 174 g/mol. The lowest BCUT2D eigenvalue weighted by molar-refractivity contribution is 0.485. The van der Waals surface area contributed by atoms with Gasteiger partial charge in [0.25, 0.3) is 0 Å². The van der Waals surface area contributed by atoms with E-state index in [1.807, 2.05) is 11.7 Å². The third-order valence-electron chi connectivity index (χ3n) is 2.43. The van der Waals surface area contributed by atoms with Crippen LogP contribution in [0.25, 0.3) is 0 Å². The smallest absolute Gasteiger partial charge is 0.0625 e. The van der Waals surface area contributed by atoms with Crippen LogP contribution < -0.4 is 5.73 Å². The number of nitrogens with two attached hydrogens (primary N) is 1. The third kappa shape index (κ3) is 2.58. The maximum absolute atomic E-state index is 6.10. The third-order valence-corrected chi connectivity index (χ3v) is 2.43. The molecule has 0 spiro atoms. The van der Waals surface area contributed by atoms with Crippen molar-refractivity contribution >= 4 is 0 Å². The van der Waals surface area contributed by atoms with Gasteiger partial charge in [-0.2, -0.15) is 5.10 Å². The van der Waals surface area contributed by atoms with Gasteiger partial charge in [0.15, 0.2) is 0 Å². The van der Waals surface area contributed by atoms with Crippen LogP contribution in [-0.4, -0.2) is 9.78 Å². The summed E-state index contributed by atoms with van der Waals surface area (Å²) in [7, 11) is 1.97. The Hall–Kier alpha value is -0.830. The molecule has 1 aromatic heterocycles. The molecule has 0 saturated heterocycles. The molecule has 3 nitrogen and oxygen atoms in total. The highest BCUT2D eigenvalue weighted by Crippen LogP contribution is 2.19. The molecule has 0 amide bonds. The van der Waals surface area contributed by atoms with Crippen LogP contribution in [0.15, 0.2) is 6.07 Å². The van der Waals surface area contributed by atoms with Crippen LogP contribution in [0.2, 0.25) is 0 Å². The average molecular weight is 195 g/mol. The Labute approximate surface area is 86.3 Å². The summed E-state index contributed by atoms with van der Waals surface area (Å²) < 4.78 is 1.91. The minimum absolute atomic E-state index is 0.118. The molecule has 1 atom stereocenters. The molecule has 0 aromatic carbocycles. The second kappa shape index (κ2) is 4.60. The molecule has 0 aliphatic carbocycles. The van der Waals surface area contributed by atoms with E-state index in [1.165, 1.54) is 0 Å². The zero-order valence-electron chi connectivity index (χ0n) is 9.62. The number of aryl methyl sites for hydroxylation is 2. The molecule has 14 heavy (non-hydrogen) atoms. The Morgan fingerprint density at radius 2 is 2.14 bits per heavy atom. The van der Waals surface area contributed by atoms with Crippen LogP contribution in [0.1, 0.15) is 44.6 Å². The van der Waals surface area contributed by atoms with Crippen molar-refractivity contribution < 1.29 is 0 Å². The Morgan fingerprint density at radius 1 is 1.50 bits per heavy atom. The lowest BCUT2D eigenvalue weighted by Crippen LogP contribution is -2.16. The fourth-order valence-corrected chi connectivity index (χ4v) is 1.69. The van der Waals surface area contributed by atoms with Crippen molar-refractivity contribution in [3.05, 3.63) is 17.5 Å². The molecule has 0 saturated carbocycles. The average Bonchev–Trinajstić information content (AvgIpc) is 2.45. The Balaban J connectivity index is 2.78. The van der Waals surface area contributed by atoms with Crippen molar-refractivity contribution in [2.24, 2.45) is 18.7 Å². The van der Waals surface area contributed by atoms with E-state index in [1.54, 1.807) is 0 Å². The predicted molar refractivity (Wildman–Crippen MR) is 59.0 cm³/mol. The largest absolute Gasteiger partial charge is 0.323 e. The molecule has 3 heteroatoms. The van der Waals surface area contributed by atoms with Crippen LogP contribution in [0.5, 0.6) is 0 Å². The molecule has 0 fully saturated rings. The molecule has 0 aliphatic rings. The lowest BCUT2D eigenvalue weighted by Gasteiger charge is -2.13. The summed E-state index contributed by atoms with van der Waals surface area (Å²) in [5, 5.41) is 4.39. The summed E-state index contributed by atoms with van der Waals surface area (Å²) in [6, 6.07) is 2.24. The highest BCUT2D eigenvalue weighted by atomic mass is 15.3. The summed E-state index contributed by atoms with van der Waals surface area (Å²) >= 11 is 0. The summed E-state index contributed by atoms with van der Waals surface area (Å²) in [6.45, 7) is 6.49. The quantitative estimate of drug-likeness (QED) is 0.799. The number of rotatable bonds is 4. The molecule has 1 rings (SSSR count). The lowest BCUT2D eigenvalue weighted by atomic mass is 10.0. The Bertz CT molecular complexity index is 289. The second-order valence-corrected chi connectivity index (χ2v) is 4.27. The van der Waals surface area contributed by atoms with Crippen molar-refractivity contribution in [3.8, 4) is 0 Å². The molecule has 0 radical (unpaired) electrons. The maximum atomic E-state index is 6.10. The zero-order valence-corrected chi connectivity index (χ0v) is 9.62. The van der Waals surface area contributed by atoms with Gasteiger partial charge in [0, 0.05) is 13.1 Å². The summed E-state index contributed by atoms with van der Waals surface area (Å²) in [5.74, 6) is 0.630. The van der Waals surface area contributed by atoms with Crippen LogP contribution in [0.4, 0.5) is 0 Å². The van der Waals surface area contributed by atoms with Gasteiger partial charge >= 0.3 is 0 Å². The molecule has 2 N–H and O–H groups in total. The molecular formula is C11H21N3. The maximum Gasteiger partial charge on any atom is 0.0625 e. The van der Waals surface area contributed by atoms with E-state index in [-0.39, 0.29) is 6.04 Å². The van der Waals surface area contributed by atoms with Gasteiger partial charge in [0.2, 0.25) is 0 Å². The monoisotopic (exact) mass is 195 g/mol. The van der Waals surface area contributed by atoms with Crippen molar-refractivity contribution in [1.29, 1.82) is 0 Å². The van der Waals surface area contributed by atoms with E-state index in [0.717, 1.165) is 24.2 Å². The van der Waals surface area contributed by atoms with E-state index in [9.17, 15) is 0 Å². The van der Waals surface area contributed by atoms with Crippen LogP contribution in [-0.2, 0) is 13.5 Å². The molecule has 0 aliphatic heterocycles. The highest BCUT2D eigenvalue weighted by Gasteiger charge is 2.13. The number of nitrogens with zero attached hydrogens (tertiary/aromatic N) is 2. The van der Waals surface area contributed by atoms with E-state index < -0.39 is 0 Å². The van der Waals surface area contributed by atoms with E-state index in [2.05, 4.69) is 31.9 Å². The SMILES string of the molecule is CCc1cc(C(N)CC(C)C)n(C)n1. The first kappa shape index (κ1) is 11.2. The fraction of sp³-hybridized carbons (Fsp3) is 0.727. The number of hydrogen-bond acceptors (Lipinski definition) is 2. The first-order chi connectivity index (χ1) is 6.54. The van der Waals surface area contributed by atoms with E-state index in [4.69, 9.17) is 5.73 Å². The summed E-state index contributed by atoms with van der Waals surface area (Å²) in [4.78, 5) is 0. The minimum atomic E-state index is 0.118. The summed E-state index contributed by atoms with van der Waals surface area (Å²) in [6.07, 6.45) is 1.99. The molecule has 1 unspecified atom stereocenters. The molecule has 1 aromatic rings. The van der Waals surface area contributed by atoms with Crippen molar-refractivity contribution in [2.75, 3.05) is 0 Å². The van der Waals surface area contributed by atoms with Crippen molar-refractivity contribution in [2.45, 2.75) is 39.7 Å². The first-order valence-corrected chi connectivity index (χ1v) is 5.33. The predicted octanol–water partition coefficient (Wildman–Crippen LogP) is 2.03. The fourth-order valence-electron chi connectivity index (χ4n) is 1.69. The van der Waals surface area contributed by atoms with Crippen molar-refractivity contribution in [3.63, 3.8) is 0 Å². The van der Waals surface area contributed by atoms with Gasteiger partial charge in [-0.15, -0.1) is 0 Å². The normalized spacial score (nSPS) is 13.6.